The third kappa shape index (κ3) is 4.54. The Balaban J connectivity index is 1.65. The van der Waals surface area contributed by atoms with Crippen LogP contribution in [0.15, 0.2) is 18.6 Å². The summed E-state index contributed by atoms with van der Waals surface area (Å²) in [5.74, 6) is -0.165. The number of amides is 1. The summed E-state index contributed by atoms with van der Waals surface area (Å²) in [5.41, 5.74) is 0.362. The number of morpholine rings is 1. The number of aromatic nitrogens is 2. The van der Waals surface area contributed by atoms with E-state index in [0.29, 0.717) is 12.2 Å². The second-order valence-electron chi connectivity index (χ2n) is 5.22. The zero-order valence-corrected chi connectivity index (χ0v) is 12.1. The van der Waals surface area contributed by atoms with E-state index in [4.69, 9.17) is 4.74 Å². The lowest BCUT2D eigenvalue weighted by atomic mass is 10.2. The van der Waals surface area contributed by atoms with E-state index in [1.165, 1.54) is 12.4 Å². The molecule has 1 aliphatic rings. The Morgan fingerprint density at radius 2 is 2.15 bits per heavy atom. The predicted molar refractivity (Wildman–Crippen MR) is 75.4 cm³/mol. The van der Waals surface area contributed by atoms with Crippen molar-refractivity contribution in [3.8, 4) is 0 Å². The number of ether oxygens (including phenoxy) is 1. The van der Waals surface area contributed by atoms with Crippen molar-refractivity contribution in [3.05, 3.63) is 24.3 Å². The van der Waals surface area contributed by atoms with Crippen LogP contribution in [0, 0.1) is 0 Å². The Morgan fingerprint density at radius 1 is 1.40 bits per heavy atom. The summed E-state index contributed by atoms with van der Waals surface area (Å²) in [4.78, 5) is 22.0. The van der Waals surface area contributed by atoms with Crippen molar-refractivity contribution in [2.24, 2.45) is 0 Å². The number of nitrogens with one attached hydrogen (secondary N) is 1. The molecule has 0 saturated carbocycles. The van der Waals surface area contributed by atoms with E-state index in [2.05, 4.69) is 34.0 Å². The summed E-state index contributed by atoms with van der Waals surface area (Å²) in [6.07, 6.45) is 6.04. The largest absolute Gasteiger partial charge is 0.373 e. The van der Waals surface area contributed by atoms with Gasteiger partial charge >= 0.3 is 0 Å². The minimum atomic E-state index is -0.165. The lowest BCUT2D eigenvalue weighted by Gasteiger charge is -2.35. The first-order chi connectivity index (χ1) is 9.65. The van der Waals surface area contributed by atoms with Gasteiger partial charge in [-0.15, -0.1) is 0 Å². The highest BCUT2D eigenvalue weighted by atomic mass is 16.5. The van der Waals surface area contributed by atoms with Crippen molar-refractivity contribution in [2.45, 2.75) is 32.5 Å². The van der Waals surface area contributed by atoms with Crippen molar-refractivity contribution in [1.29, 1.82) is 0 Å². The van der Waals surface area contributed by atoms with Crippen LogP contribution in [0.2, 0.25) is 0 Å². The van der Waals surface area contributed by atoms with Gasteiger partial charge in [-0.25, -0.2) is 4.98 Å². The zero-order chi connectivity index (χ0) is 14.4. The van der Waals surface area contributed by atoms with E-state index < -0.39 is 0 Å². The van der Waals surface area contributed by atoms with Crippen LogP contribution in [0.3, 0.4) is 0 Å². The maximum atomic E-state index is 11.8. The van der Waals surface area contributed by atoms with Crippen molar-refractivity contribution < 1.29 is 9.53 Å². The molecule has 2 atom stereocenters. The Labute approximate surface area is 119 Å². The molecule has 1 aliphatic heterocycles. The molecular weight excluding hydrogens is 256 g/mol. The number of carbonyl (C=O) groups excluding carboxylic acids is 1. The Bertz CT molecular complexity index is 416. The second-order valence-corrected chi connectivity index (χ2v) is 5.22. The van der Waals surface area contributed by atoms with Gasteiger partial charge < -0.3 is 10.1 Å². The summed E-state index contributed by atoms with van der Waals surface area (Å²) in [7, 11) is 0. The summed E-state index contributed by atoms with van der Waals surface area (Å²) < 4.78 is 5.69. The lowest BCUT2D eigenvalue weighted by Crippen LogP contribution is -2.46. The maximum Gasteiger partial charge on any atom is 0.271 e. The molecule has 1 saturated heterocycles. The van der Waals surface area contributed by atoms with Gasteiger partial charge in [0.15, 0.2) is 0 Å². The molecule has 2 rings (SSSR count). The predicted octanol–water partition coefficient (Wildman–Crippen LogP) is 0.706. The van der Waals surface area contributed by atoms with Crippen molar-refractivity contribution >= 4 is 5.91 Å². The fourth-order valence-electron chi connectivity index (χ4n) is 2.48. The molecule has 0 unspecified atom stereocenters. The van der Waals surface area contributed by atoms with Crippen LogP contribution in [0.25, 0.3) is 0 Å². The molecule has 0 radical (unpaired) electrons. The molecule has 6 heteroatoms. The Hall–Kier alpha value is -1.53. The highest BCUT2D eigenvalue weighted by molar-refractivity contribution is 5.91. The van der Waals surface area contributed by atoms with E-state index in [9.17, 15) is 4.79 Å². The average molecular weight is 278 g/mol. The Morgan fingerprint density at radius 3 is 2.80 bits per heavy atom. The van der Waals surface area contributed by atoms with Gasteiger partial charge in [0, 0.05) is 38.6 Å². The van der Waals surface area contributed by atoms with Gasteiger partial charge in [0.2, 0.25) is 0 Å². The molecule has 6 nitrogen and oxygen atoms in total. The summed E-state index contributed by atoms with van der Waals surface area (Å²) in [5, 5.41) is 2.86. The van der Waals surface area contributed by atoms with Crippen LogP contribution in [0.4, 0.5) is 0 Å². The molecule has 1 N–H and O–H groups in total. The second kappa shape index (κ2) is 7.31. The molecule has 110 valence electrons. The van der Waals surface area contributed by atoms with Crippen LogP contribution in [0.5, 0.6) is 0 Å². The van der Waals surface area contributed by atoms with Gasteiger partial charge in [-0.05, 0) is 20.3 Å². The number of carbonyl (C=O) groups is 1. The van der Waals surface area contributed by atoms with Crippen LogP contribution in [0.1, 0.15) is 30.8 Å². The number of hydrogen-bond donors (Lipinski definition) is 1. The number of rotatable bonds is 5. The number of hydrogen-bond acceptors (Lipinski definition) is 5. The molecule has 0 aliphatic carbocycles. The lowest BCUT2D eigenvalue weighted by molar-refractivity contribution is -0.0679. The summed E-state index contributed by atoms with van der Waals surface area (Å²) in [6, 6.07) is 0. The monoisotopic (exact) mass is 278 g/mol. The highest BCUT2D eigenvalue weighted by Gasteiger charge is 2.21. The maximum absolute atomic E-state index is 11.8. The van der Waals surface area contributed by atoms with Crippen LogP contribution >= 0.6 is 0 Å². The minimum Gasteiger partial charge on any atom is -0.373 e. The molecular formula is C14H22N4O2. The van der Waals surface area contributed by atoms with Gasteiger partial charge in [-0.3, -0.25) is 14.7 Å². The van der Waals surface area contributed by atoms with Gasteiger partial charge in [0.05, 0.1) is 18.4 Å². The van der Waals surface area contributed by atoms with E-state index >= 15 is 0 Å². The standard InChI is InChI=1S/C14H22N4O2/c1-11-9-18(10-12(2)20-11)7-3-4-17-14(19)13-8-15-5-6-16-13/h5-6,8,11-12H,3-4,7,9-10H2,1-2H3,(H,17,19)/t11-,12-/m0/s1. The van der Waals surface area contributed by atoms with Gasteiger partial charge in [0.1, 0.15) is 5.69 Å². The molecule has 1 aromatic rings. The Kier molecular flexibility index (Phi) is 5.43. The minimum absolute atomic E-state index is 0.165. The molecule has 0 bridgehead atoms. The van der Waals surface area contributed by atoms with Crippen molar-refractivity contribution in [1.82, 2.24) is 20.2 Å². The highest BCUT2D eigenvalue weighted by Crippen LogP contribution is 2.10. The quantitative estimate of drug-likeness (QED) is 0.803. The van der Waals surface area contributed by atoms with E-state index in [1.807, 2.05) is 0 Å². The third-order valence-corrected chi connectivity index (χ3v) is 3.23. The van der Waals surface area contributed by atoms with Crippen molar-refractivity contribution in [2.75, 3.05) is 26.2 Å². The first kappa shape index (κ1) is 14.9. The number of nitrogens with zero attached hydrogens (tertiary/aromatic N) is 3. The van der Waals surface area contributed by atoms with Crippen LogP contribution < -0.4 is 5.32 Å². The van der Waals surface area contributed by atoms with Gasteiger partial charge in [-0.2, -0.15) is 0 Å². The first-order valence-electron chi connectivity index (χ1n) is 7.07. The van der Waals surface area contributed by atoms with Gasteiger partial charge in [0.25, 0.3) is 5.91 Å². The summed E-state index contributed by atoms with van der Waals surface area (Å²) >= 11 is 0. The molecule has 0 spiro atoms. The van der Waals surface area contributed by atoms with E-state index in [1.54, 1.807) is 6.20 Å². The fourth-order valence-corrected chi connectivity index (χ4v) is 2.48. The van der Waals surface area contributed by atoms with Crippen molar-refractivity contribution in [3.63, 3.8) is 0 Å². The van der Waals surface area contributed by atoms with E-state index in [0.717, 1.165) is 26.1 Å². The molecule has 0 aromatic carbocycles. The first-order valence-corrected chi connectivity index (χ1v) is 7.07. The zero-order valence-electron chi connectivity index (χ0n) is 12.1. The third-order valence-electron chi connectivity index (χ3n) is 3.23. The molecule has 1 aromatic heterocycles. The average Bonchev–Trinajstić information content (AvgIpc) is 2.43. The molecule has 2 heterocycles. The van der Waals surface area contributed by atoms with Gasteiger partial charge in [-0.1, -0.05) is 0 Å². The topological polar surface area (TPSA) is 67.4 Å². The molecule has 1 amide bonds. The molecule has 1 fully saturated rings. The SMILES string of the molecule is C[C@H]1CN(CCCNC(=O)c2cnccn2)C[C@H](C)O1. The molecule has 20 heavy (non-hydrogen) atoms. The van der Waals surface area contributed by atoms with Crippen LogP contribution in [-0.4, -0.2) is 59.2 Å². The summed E-state index contributed by atoms with van der Waals surface area (Å²) in [6.45, 7) is 7.73. The van der Waals surface area contributed by atoms with Crippen LogP contribution in [-0.2, 0) is 4.74 Å². The normalized spacial score (nSPS) is 23.5. The smallest absolute Gasteiger partial charge is 0.271 e. The fraction of sp³-hybridized carbons (Fsp3) is 0.643. The van der Waals surface area contributed by atoms with E-state index in [-0.39, 0.29) is 18.1 Å².